The molecule has 5 nitrogen and oxygen atoms in total. The molecule has 1 saturated carbocycles. The van der Waals surface area contributed by atoms with E-state index in [1.165, 1.54) is 0 Å². The number of alkyl carbamates (subject to hydrolysis) is 1. The number of nitrogens with two attached hydrogens (primary N) is 1. The van der Waals surface area contributed by atoms with E-state index >= 15 is 0 Å². The van der Waals surface area contributed by atoms with Gasteiger partial charge in [-0.15, -0.1) is 0 Å². The van der Waals surface area contributed by atoms with Crippen LogP contribution < -0.4 is 11.1 Å². The Kier molecular flexibility index (Phi) is 5.41. The normalized spacial score (nSPS) is 28.8. The highest BCUT2D eigenvalue weighted by atomic mass is 16.6. The van der Waals surface area contributed by atoms with Gasteiger partial charge in [-0.1, -0.05) is 0 Å². The number of hydrogen-bond acceptors (Lipinski definition) is 4. The number of methoxy groups -OCH3 is 1. The van der Waals surface area contributed by atoms with Gasteiger partial charge in [-0.3, -0.25) is 0 Å². The first-order valence-electron chi connectivity index (χ1n) is 6.56. The van der Waals surface area contributed by atoms with Gasteiger partial charge in [0, 0.05) is 19.2 Å². The van der Waals surface area contributed by atoms with Crippen molar-refractivity contribution in [2.24, 2.45) is 11.7 Å². The van der Waals surface area contributed by atoms with Gasteiger partial charge in [-0.2, -0.15) is 0 Å². The molecule has 1 aliphatic carbocycles. The van der Waals surface area contributed by atoms with Crippen LogP contribution in [0.15, 0.2) is 0 Å². The molecule has 3 atom stereocenters. The predicted molar refractivity (Wildman–Crippen MR) is 70.4 cm³/mol. The molecule has 0 radical (unpaired) electrons. The van der Waals surface area contributed by atoms with Gasteiger partial charge in [0.2, 0.25) is 0 Å². The van der Waals surface area contributed by atoms with E-state index in [2.05, 4.69) is 5.32 Å². The number of carbonyl (C=O) groups excluding carboxylic acids is 1. The first kappa shape index (κ1) is 15.2. The third-order valence-corrected chi connectivity index (χ3v) is 3.14. The van der Waals surface area contributed by atoms with Crippen molar-refractivity contribution in [2.45, 2.75) is 57.7 Å². The largest absolute Gasteiger partial charge is 0.444 e. The summed E-state index contributed by atoms with van der Waals surface area (Å²) in [4.78, 5) is 11.7. The van der Waals surface area contributed by atoms with Crippen LogP contribution in [-0.2, 0) is 9.47 Å². The Morgan fingerprint density at radius 3 is 2.61 bits per heavy atom. The Hall–Kier alpha value is -0.810. The minimum absolute atomic E-state index is 0.139. The number of carbonyl (C=O) groups is 1. The third-order valence-electron chi connectivity index (χ3n) is 3.14. The second kappa shape index (κ2) is 6.38. The summed E-state index contributed by atoms with van der Waals surface area (Å²) in [5.74, 6) is 0.309. The third kappa shape index (κ3) is 5.23. The van der Waals surface area contributed by atoms with Gasteiger partial charge in [0.1, 0.15) is 5.60 Å². The zero-order chi connectivity index (χ0) is 13.8. The second-order valence-electron chi connectivity index (χ2n) is 6.04. The highest BCUT2D eigenvalue weighted by molar-refractivity contribution is 5.68. The molecular weight excluding hydrogens is 232 g/mol. The Labute approximate surface area is 109 Å². The summed E-state index contributed by atoms with van der Waals surface area (Å²) < 4.78 is 10.4. The van der Waals surface area contributed by atoms with Crippen molar-refractivity contribution < 1.29 is 14.3 Å². The number of ether oxygens (including phenoxy) is 2. The highest BCUT2D eigenvalue weighted by Crippen LogP contribution is 2.24. The maximum Gasteiger partial charge on any atom is 0.407 e. The van der Waals surface area contributed by atoms with Crippen LogP contribution in [0, 0.1) is 5.92 Å². The Morgan fingerprint density at radius 1 is 1.39 bits per heavy atom. The minimum atomic E-state index is -0.457. The van der Waals surface area contributed by atoms with E-state index in [1.54, 1.807) is 7.11 Å². The molecule has 1 rings (SSSR count). The first-order valence-corrected chi connectivity index (χ1v) is 6.56. The molecule has 3 N–H and O–H groups in total. The van der Waals surface area contributed by atoms with Crippen molar-refractivity contribution >= 4 is 6.09 Å². The molecule has 1 fully saturated rings. The van der Waals surface area contributed by atoms with Gasteiger partial charge in [-0.25, -0.2) is 4.79 Å². The summed E-state index contributed by atoms with van der Waals surface area (Å²) in [7, 11) is 1.68. The Balaban J connectivity index is 2.41. The molecule has 0 aromatic rings. The molecule has 0 bridgehead atoms. The summed E-state index contributed by atoms with van der Waals surface area (Å²) in [5.41, 5.74) is 5.58. The molecule has 0 aromatic carbocycles. The minimum Gasteiger partial charge on any atom is -0.444 e. The van der Waals surface area contributed by atoms with E-state index in [4.69, 9.17) is 15.2 Å². The van der Waals surface area contributed by atoms with E-state index in [0.29, 0.717) is 12.5 Å². The van der Waals surface area contributed by atoms with Crippen LogP contribution in [0.5, 0.6) is 0 Å². The number of amides is 1. The van der Waals surface area contributed by atoms with Gasteiger partial charge in [0.15, 0.2) is 0 Å². The van der Waals surface area contributed by atoms with Crippen molar-refractivity contribution in [3.05, 3.63) is 0 Å². The quantitative estimate of drug-likeness (QED) is 0.807. The monoisotopic (exact) mass is 258 g/mol. The zero-order valence-electron chi connectivity index (χ0n) is 11.9. The molecule has 1 aliphatic rings. The fourth-order valence-corrected chi connectivity index (χ4v) is 2.30. The SMILES string of the molecule is COCC1CC(NC(=O)OC(C)(C)C)CCC1N. The van der Waals surface area contributed by atoms with E-state index in [9.17, 15) is 4.79 Å². The molecule has 0 aliphatic heterocycles. The summed E-state index contributed by atoms with van der Waals surface area (Å²) in [6.07, 6.45) is 2.32. The van der Waals surface area contributed by atoms with Crippen LogP contribution in [0.1, 0.15) is 40.0 Å². The second-order valence-corrected chi connectivity index (χ2v) is 6.04. The maximum atomic E-state index is 11.7. The van der Waals surface area contributed by atoms with Gasteiger partial charge in [0.25, 0.3) is 0 Å². The maximum absolute atomic E-state index is 11.7. The lowest BCUT2D eigenvalue weighted by atomic mass is 9.82. The average molecular weight is 258 g/mol. The van der Waals surface area contributed by atoms with E-state index in [0.717, 1.165) is 19.3 Å². The lowest BCUT2D eigenvalue weighted by Crippen LogP contribution is -2.47. The van der Waals surface area contributed by atoms with Gasteiger partial charge < -0.3 is 20.5 Å². The standard InChI is InChI=1S/C13H26N2O3/c1-13(2,3)18-12(16)15-10-5-6-11(14)9(7-10)8-17-4/h9-11H,5-8,14H2,1-4H3,(H,15,16). The van der Waals surface area contributed by atoms with Crippen LogP contribution in [0.25, 0.3) is 0 Å². The van der Waals surface area contributed by atoms with Crippen molar-refractivity contribution in [3.8, 4) is 0 Å². The Morgan fingerprint density at radius 2 is 2.06 bits per heavy atom. The fraction of sp³-hybridized carbons (Fsp3) is 0.923. The fourth-order valence-electron chi connectivity index (χ4n) is 2.30. The molecule has 0 saturated heterocycles. The van der Waals surface area contributed by atoms with E-state index < -0.39 is 5.60 Å². The smallest absolute Gasteiger partial charge is 0.407 e. The van der Waals surface area contributed by atoms with Crippen LogP contribution in [0.3, 0.4) is 0 Å². The molecule has 0 spiro atoms. The molecule has 106 valence electrons. The summed E-state index contributed by atoms with van der Waals surface area (Å²) in [6.45, 7) is 6.22. The van der Waals surface area contributed by atoms with Crippen LogP contribution in [0.2, 0.25) is 0 Å². The predicted octanol–water partition coefficient (Wildman–Crippen LogP) is 1.65. The summed E-state index contributed by atoms with van der Waals surface area (Å²) in [6, 6.07) is 0.307. The van der Waals surface area contributed by atoms with Crippen LogP contribution >= 0.6 is 0 Å². The molecule has 18 heavy (non-hydrogen) atoms. The number of hydrogen-bond donors (Lipinski definition) is 2. The highest BCUT2D eigenvalue weighted by Gasteiger charge is 2.29. The van der Waals surface area contributed by atoms with Gasteiger partial charge in [-0.05, 0) is 46.0 Å². The molecular formula is C13H26N2O3. The van der Waals surface area contributed by atoms with Crippen LogP contribution in [-0.4, -0.2) is 37.5 Å². The number of nitrogens with one attached hydrogen (secondary N) is 1. The van der Waals surface area contributed by atoms with E-state index in [1.807, 2.05) is 20.8 Å². The molecule has 0 heterocycles. The first-order chi connectivity index (χ1) is 8.31. The van der Waals surface area contributed by atoms with Gasteiger partial charge >= 0.3 is 6.09 Å². The topological polar surface area (TPSA) is 73.6 Å². The zero-order valence-corrected chi connectivity index (χ0v) is 11.9. The van der Waals surface area contributed by atoms with Gasteiger partial charge in [0.05, 0.1) is 6.61 Å². The average Bonchev–Trinajstić information content (AvgIpc) is 2.20. The van der Waals surface area contributed by atoms with Crippen molar-refractivity contribution in [2.75, 3.05) is 13.7 Å². The lowest BCUT2D eigenvalue weighted by Gasteiger charge is -2.34. The van der Waals surface area contributed by atoms with Crippen molar-refractivity contribution in [3.63, 3.8) is 0 Å². The van der Waals surface area contributed by atoms with E-state index in [-0.39, 0.29) is 18.2 Å². The van der Waals surface area contributed by atoms with Crippen LogP contribution in [0.4, 0.5) is 4.79 Å². The molecule has 3 unspecified atom stereocenters. The number of rotatable bonds is 3. The lowest BCUT2D eigenvalue weighted by molar-refractivity contribution is 0.0457. The summed E-state index contributed by atoms with van der Waals surface area (Å²) >= 11 is 0. The van der Waals surface area contributed by atoms with Crippen molar-refractivity contribution in [1.29, 1.82) is 0 Å². The molecule has 0 aromatic heterocycles. The summed E-state index contributed by atoms with van der Waals surface area (Å²) in [5, 5.41) is 2.91. The molecule has 5 heteroatoms. The Bertz CT molecular complexity index is 276. The van der Waals surface area contributed by atoms with Crippen molar-refractivity contribution in [1.82, 2.24) is 5.32 Å². The molecule has 1 amide bonds.